The summed E-state index contributed by atoms with van der Waals surface area (Å²) in [4.78, 5) is 0. The van der Waals surface area contributed by atoms with Crippen molar-refractivity contribution in [3.8, 4) is 6.07 Å². The van der Waals surface area contributed by atoms with Gasteiger partial charge < -0.3 is 5.11 Å². The third-order valence-electron chi connectivity index (χ3n) is 1.63. The molecule has 0 aliphatic carbocycles. The zero-order chi connectivity index (χ0) is 9.07. The van der Waals surface area contributed by atoms with E-state index in [4.69, 9.17) is 5.26 Å². The number of nitriles is 1. The van der Waals surface area contributed by atoms with Gasteiger partial charge in [-0.2, -0.15) is 5.26 Å². The first-order valence-corrected chi connectivity index (χ1v) is 3.63. The van der Waals surface area contributed by atoms with Gasteiger partial charge in [-0.15, -0.1) is 6.58 Å². The van der Waals surface area contributed by atoms with Crippen LogP contribution in [0.25, 0.3) is 0 Å². The molecule has 0 aliphatic rings. The highest BCUT2D eigenvalue weighted by molar-refractivity contribution is 5.02. The molecule has 0 aromatic rings. The Morgan fingerprint density at radius 3 is 2.09 bits per heavy atom. The Morgan fingerprint density at radius 1 is 1.55 bits per heavy atom. The van der Waals surface area contributed by atoms with Crippen LogP contribution in [0.1, 0.15) is 20.8 Å². The molecule has 11 heavy (non-hydrogen) atoms. The SMILES string of the molecule is C=CC(C#N)C(O)C(C)(C)C. The summed E-state index contributed by atoms with van der Waals surface area (Å²) >= 11 is 0. The Kier molecular flexibility index (Phi) is 3.28. The fraction of sp³-hybridized carbons (Fsp3) is 0.667. The molecule has 0 aliphatic heterocycles. The van der Waals surface area contributed by atoms with E-state index in [-0.39, 0.29) is 5.41 Å². The summed E-state index contributed by atoms with van der Waals surface area (Å²) in [5.41, 5.74) is -0.255. The van der Waals surface area contributed by atoms with Gasteiger partial charge in [0, 0.05) is 0 Å². The molecule has 1 N–H and O–H groups in total. The van der Waals surface area contributed by atoms with Crippen LogP contribution >= 0.6 is 0 Å². The molecule has 0 aromatic carbocycles. The summed E-state index contributed by atoms with van der Waals surface area (Å²) in [6, 6.07) is 1.99. The second kappa shape index (κ2) is 3.54. The van der Waals surface area contributed by atoms with Gasteiger partial charge in [0.15, 0.2) is 0 Å². The molecule has 2 nitrogen and oxygen atoms in total. The summed E-state index contributed by atoms with van der Waals surface area (Å²) in [7, 11) is 0. The van der Waals surface area contributed by atoms with Crippen molar-refractivity contribution in [3.63, 3.8) is 0 Å². The number of aliphatic hydroxyl groups excluding tert-OH is 1. The predicted molar refractivity (Wildman–Crippen MR) is 44.8 cm³/mol. The third kappa shape index (κ3) is 2.73. The molecule has 0 saturated heterocycles. The van der Waals surface area contributed by atoms with Gasteiger partial charge in [0.05, 0.1) is 18.1 Å². The van der Waals surface area contributed by atoms with Crippen LogP contribution in [-0.4, -0.2) is 11.2 Å². The third-order valence-corrected chi connectivity index (χ3v) is 1.63. The number of aliphatic hydroxyl groups is 1. The first kappa shape index (κ1) is 10.2. The van der Waals surface area contributed by atoms with Gasteiger partial charge >= 0.3 is 0 Å². The van der Waals surface area contributed by atoms with Crippen LogP contribution in [-0.2, 0) is 0 Å². The molecular formula is C9H15NO. The zero-order valence-electron chi connectivity index (χ0n) is 7.33. The van der Waals surface area contributed by atoms with E-state index in [1.165, 1.54) is 6.08 Å². The van der Waals surface area contributed by atoms with Crippen molar-refractivity contribution in [2.45, 2.75) is 26.9 Å². The summed E-state index contributed by atoms with van der Waals surface area (Å²) in [5.74, 6) is -0.463. The van der Waals surface area contributed by atoms with E-state index >= 15 is 0 Å². The second-order valence-corrected chi connectivity index (χ2v) is 3.70. The summed E-state index contributed by atoms with van der Waals surface area (Å²) in [6.07, 6.45) is 0.848. The van der Waals surface area contributed by atoms with Crippen LogP contribution in [0, 0.1) is 22.7 Å². The lowest BCUT2D eigenvalue weighted by molar-refractivity contribution is 0.0444. The molecule has 0 amide bonds. The van der Waals surface area contributed by atoms with Crippen LogP contribution in [0.4, 0.5) is 0 Å². The first-order chi connectivity index (χ1) is 4.93. The largest absolute Gasteiger partial charge is 0.391 e. The number of rotatable bonds is 2. The minimum atomic E-state index is -0.634. The monoisotopic (exact) mass is 153 g/mol. The maximum atomic E-state index is 9.55. The van der Waals surface area contributed by atoms with Crippen LogP contribution in [0.3, 0.4) is 0 Å². The quantitative estimate of drug-likeness (QED) is 0.614. The van der Waals surface area contributed by atoms with Gasteiger partial charge in [-0.3, -0.25) is 0 Å². The van der Waals surface area contributed by atoms with E-state index in [9.17, 15) is 5.11 Å². The van der Waals surface area contributed by atoms with E-state index in [0.29, 0.717) is 0 Å². The summed E-state index contributed by atoms with van der Waals surface area (Å²) in [5, 5.41) is 18.1. The Labute approximate surface area is 68.2 Å². The maximum absolute atomic E-state index is 9.55. The average molecular weight is 153 g/mol. The van der Waals surface area contributed by atoms with E-state index in [0.717, 1.165) is 0 Å². The Balaban J connectivity index is 4.36. The van der Waals surface area contributed by atoms with Gasteiger partial charge in [0.2, 0.25) is 0 Å². The van der Waals surface area contributed by atoms with Gasteiger partial charge in [0.1, 0.15) is 0 Å². The summed E-state index contributed by atoms with van der Waals surface area (Å²) in [6.45, 7) is 9.17. The fourth-order valence-corrected chi connectivity index (χ4v) is 0.791. The lowest BCUT2D eigenvalue weighted by Crippen LogP contribution is -2.31. The van der Waals surface area contributed by atoms with Gasteiger partial charge in [-0.1, -0.05) is 26.8 Å². The average Bonchev–Trinajstić information content (AvgIpc) is 1.88. The molecule has 2 heteroatoms. The molecule has 0 radical (unpaired) electrons. The zero-order valence-corrected chi connectivity index (χ0v) is 7.33. The molecule has 0 spiro atoms. The maximum Gasteiger partial charge on any atom is 0.0905 e. The minimum Gasteiger partial charge on any atom is -0.391 e. The van der Waals surface area contributed by atoms with Crippen molar-refractivity contribution in [1.82, 2.24) is 0 Å². The molecule has 62 valence electrons. The fourth-order valence-electron chi connectivity index (χ4n) is 0.791. The lowest BCUT2D eigenvalue weighted by atomic mass is 9.82. The molecule has 2 atom stereocenters. The van der Waals surface area contributed by atoms with Gasteiger partial charge in [-0.25, -0.2) is 0 Å². The van der Waals surface area contributed by atoms with Crippen molar-refractivity contribution in [2.24, 2.45) is 11.3 Å². The van der Waals surface area contributed by atoms with Crippen LogP contribution in [0.15, 0.2) is 12.7 Å². The topological polar surface area (TPSA) is 44.0 Å². The van der Waals surface area contributed by atoms with Gasteiger partial charge in [-0.05, 0) is 5.41 Å². The Hall–Kier alpha value is -0.810. The van der Waals surface area contributed by atoms with E-state index in [1.807, 2.05) is 26.8 Å². The Bertz CT molecular complexity index is 173. The van der Waals surface area contributed by atoms with Crippen LogP contribution < -0.4 is 0 Å². The molecule has 0 rings (SSSR count). The predicted octanol–water partition coefficient (Wildman–Crippen LogP) is 1.72. The molecular weight excluding hydrogens is 138 g/mol. The van der Waals surface area contributed by atoms with Crippen molar-refractivity contribution in [1.29, 1.82) is 5.26 Å². The molecule has 0 heterocycles. The van der Waals surface area contributed by atoms with Crippen LogP contribution in [0.5, 0.6) is 0 Å². The highest BCUT2D eigenvalue weighted by Gasteiger charge is 2.28. The number of nitrogens with zero attached hydrogens (tertiary/aromatic N) is 1. The number of hydrogen-bond donors (Lipinski definition) is 1. The molecule has 0 fully saturated rings. The van der Waals surface area contributed by atoms with E-state index in [1.54, 1.807) is 0 Å². The lowest BCUT2D eigenvalue weighted by Gasteiger charge is -2.27. The molecule has 2 unspecified atom stereocenters. The van der Waals surface area contributed by atoms with Crippen molar-refractivity contribution in [2.75, 3.05) is 0 Å². The van der Waals surface area contributed by atoms with Gasteiger partial charge in [0.25, 0.3) is 0 Å². The highest BCUT2D eigenvalue weighted by atomic mass is 16.3. The molecule has 0 bridgehead atoms. The van der Waals surface area contributed by atoms with Crippen molar-refractivity contribution >= 4 is 0 Å². The number of hydrogen-bond acceptors (Lipinski definition) is 2. The highest BCUT2D eigenvalue weighted by Crippen LogP contribution is 2.25. The van der Waals surface area contributed by atoms with Crippen LogP contribution in [0.2, 0.25) is 0 Å². The summed E-state index contributed by atoms with van der Waals surface area (Å²) < 4.78 is 0. The Morgan fingerprint density at radius 2 is 2.00 bits per heavy atom. The van der Waals surface area contributed by atoms with E-state index < -0.39 is 12.0 Å². The van der Waals surface area contributed by atoms with E-state index in [2.05, 4.69) is 6.58 Å². The smallest absolute Gasteiger partial charge is 0.0905 e. The molecule has 0 saturated carbocycles. The van der Waals surface area contributed by atoms with Crippen molar-refractivity contribution < 1.29 is 5.11 Å². The standard InChI is InChI=1S/C9H15NO/c1-5-7(6-10)8(11)9(2,3)4/h5,7-8,11H,1H2,2-4H3. The first-order valence-electron chi connectivity index (χ1n) is 3.63. The normalized spacial score (nSPS) is 16.6. The minimum absolute atomic E-state index is 0.255. The molecule has 0 aromatic heterocycles. The van der Waals surface area contributed by atoms with Crippen molar-refractivity contribution in [3.05, 3.63) is 12.7 Å². The second-order valence-electron chi connectivity index (χ2n) is 3.70.